The maximum atomic E-state index is 4.73. The van der Waals surface area contributed by atoms with Gasteiger partial charge in [0.15, 0.2) is 0 Å². The molecule has 0 bridgehead atoms. The summed E-state index contributed by atoms with van der Waals surface area (Å²) in [6, 6.07) is 9.53. The van der Waals surface area contributed by atoms with E-state index in [2.05, 4.69) is 30.6 Å². The maximum Gasteiger partial charge on any atom is 0.139 e. The number of pyridine rings is 1. The van der Waals surface area contributed by atoms with Crippen molar-refractivity contribution in [1.82, 2.24) is 24.9 Å². The first kappa shape index (κ1) is 17.3. The topological polar surface area (TPSA) is 95.0 Å². The number of rotatable bonds is 6. The fourth-order valence-corrected chi connectivity index (χ4v) is 2.35. The van der Waals surface area contributed by atoms with Crippen molar-refractivity contribution in [2.75, 3.05) is 48.6 Å². The van der Waals surface area contributed by atoms with Crippen molar-refractivity contribution >= 4 is 34.9 Å². The molecule has 0 aliphatic rings. The maximum absolute atomic E-state index is 4.73. The van der Waals surface area contributed by atoms with Crippen LogP contribution < -0.4 is 20.4 Å². The van der Waals surface area contributed by atoms with Crippen molar-refractivity contribution in [2.45, 2.75) is 0 Å². The third-order valence-electron chi connectivity index (χ3n) is 3.91. The molecule has 26 heavy (non-hydrogen) atoms. The molecule has 0 aliphatic carbocycles. The summed E-state index contributed by atoms with van der Waals surface area (Å²) >= 11 is 0. The largest absolute Gasteiger partial charge is 0.373 e. The van der Waals surface area contributed by atoms with Crippen molar-refractivity contribution < 1.29 is 0 Å². The number of hydrogen-bond donors (Lipinski definition) is 2. The molecule has 0 saturated carbocycles. The van der Waals surface area contributed by atoms with E-state index < -0.39 is 0 Å². The zero-order valence-electron chi connectivity index (χ0n) is 15.2. The van der Waals surface area contributed by atoms with E-state index >= 15 is 0 Å². The van der Waals surface area contributed by atoms with Gasteiger partial charge in [0.05, 0.1) is 0 Å². The Morgan fingerprint density at radius 2 is 1.15 bits per heavy atom. The van der Waals surface area contributed by atoms with E-state index in [1.54, 1.807) is 0 Å². The smallest absolute Gasteiger partial charge is 0.139 e. The number of aromatic nitrogens is 5. The van der Waals surface area contributed by atoms with Crippen LogP contribution in [-0.4, -0.2) is 53.1 Å². The lowest BCUT2D eigenvalue weighted by Crippen LogP contribution is -2.17. The predicted octanol–water partition coefficient (Wildman–Crippen LogP) is 2.28. The molecule has 0 saturated heterocycles. The second-order valence-electron chi connectivity index (χ2n) is 5.49. The van der Waals surface area contributed by atoms with Gasteiger partial charge >= 0.3 is 0 Å². The predicted molar refractivity (Wildman–Crippen MR) is 104 cm³/mol. The van der Waals surface area contributed by atoms with Crippen LogP contribution in [0, 0.1) is 0 Å². The highest BCUT2D eigenvalue weighted by Crippen LogP contribution is 2.26. The van der Waals surface area contributed by atoms with Crippen molar-refractivity contribution in [3.63, 3.8) is 0 Å². The van der Waals surface area contributed by atoms with Gasteiger partial charge in [0.1, 0.15) is 47.6 Å². The summed E-state index contributed by atoms with van der Waals surface area (Å²) in [5.74, 6) is 4.51. The number of anilines is 6. The molecule has 3 rings (SSSR count). The Labute approximate surface area is 152 Å². The summed E-state index contributed by atoms with van der Waals surface area (Å²) in [6.45, 7) is 0. The Bertz CT molecular complexity index is 815. The SMILES string of the molecule is CNc1cc(N(C)c2cccc(N(C)c3cc(NC)ncn3)n2)ncn1. The number of hydrogen-bond acceptors (Lipinski definition) is 9. The molecule has 0 fully saturated rings. The molecule has 3 aromatic heterocycles. The third-order valence-corrected chi connectivity index (χ3v) is 3.91. The highest BCUT2D eigenvalue weighted by molar-refractivity contribution is 5.63. The minimum Gasteiger partial charge on any atom is -0.373 e. The monoisotopic (exact) mass is 351 g/mol. The molecule has 0 aromatic carbocycles. The molecular formula is C17H21N9. The van der Waals surface area contributed by atoms with Crippen LogP contribution in [0.25, 0.3) is 0 Å². The van der Waals surface area contributed by atoms with Gasteiger partial charge in [-0.2, -0.15) is 0 Å². The zero-order chi connectivity index (χ0) is 18.5. The van der Waals surface area contributed by atoms with Crippen molar-refractivity contribution in [2.24, 2.45) is 0 Å². The molecular weight excluding hydrogens is 330 g/mol. The molecule has 3 aromatic rings. The van der Waals surface area contributed by atoms with Crippen LogP contribution in [0.2, 0.25) is 0 Å². The Morgan fingerprint density at radius 1 is 0.692 bits per heavy atom. The third kappa shape index (κ3) is 3.61. The first-order chi connectivity index (χ1) is 12.6. The Kier molecular flexibility index (Phi) is 5.07. The van der Waals surface area contributed by atoms with Crippen LogP contribution in [0.5, 0.6) is 0 Å². The van der Waals surface area contributed by atoms with Gasteiger partial charge in [0, 0.05) is 40.3 Å². The van der Waals surface area contributed by atoms with E-state index in [4.69, 9.17) is 4.98 Å². The zero-order valence-corrected chi connectivity index (χ0v) is 15.2. The van der Waals surface area contributed by atoms with Crippen molar-refractivity contribution in [3.8, 4) is 0 Å². The van der Waals surface area contributed by atoms with E-state index in [0.29, 0.717) is 0 Å². The van der Waals surface area contributed by atoms with Gasteiger partial charge in [0.25, 0.3) is 0 Å². The van der Waals surface area contributed by atoms with E-state index in [0.717, 1.165) is 34.9 Å². The van der Waals surface area contributed by atoms with Crippen LogP contribution in [0.15, 0.2) is 43.0 Å². The summed E-state index contributed by atoms with van der Waals surface area (Å²) in [6.07, 6.45) is 3.04. The first-order valence-electron chi connectivity index (χ1n) is 8.06. The second kappa shape index (κ2) is 7.60. The molecule has 9 nitrogen and oxygen atoms in total. The van der Waals surface area contributed by atoms with Crippen LogP contribution >= 0.6 is 0 Å². The Morgan fingerprint density at radius 3 is 1.58 bits per heavy atom. The molecule has 0 aliphatic heterocycles. The first-order valence-corrected chi connectivity index (χ1v) is 8.06. The summed E-state index contributed by atoms with van der Waals surface area (Å²) in [5, 5.41) is 6.02. The minimum absolute atomic E-state index is 0.746. The highest BCUT2D eigenvalue weighted by Gasteiger charge is 2.12. The second-order valence-corrected chi connectivity index (χ2v) is 5.49. The van der Waals surface area contributed by atoms with Gasteiger partial charge in [-0.15, -0.1) is 0 Å². The van der Waals surface area contributed by atoms with Gasteiger partial charge in [0.2, 0.25) is 0 Å². The fourth-order valence-electron chi connectivity index (χ4n) is 2.35. The van der Waals surface area contributed by atoms with E-state index in [1.165, 1.54) is 12.7 Å². The van der Waals surface area contributed by atoms with E-state index in [1.807, 2.05) is 68.3 Å². The molecule has 2 N–H and O–H groups in total. The van der Waals surface area contributed by atoms with Crippen LogP contribution in [-0.2, 0) is 0 Å². The lowest BCUT2D eigenvalue weighted by Gasteiger charge is -2.21. The molecule has 0 spiro atoms. The molecule has 134 valence electrons. The number of nitrogens with zero attached hydrogens (tertiary/aromatic N) is 7. The molecule has 0 radical (unpaired) electrons. The minimum atomic E-state index is 0.746. The van der Waals surface area contributed by atoms with Gasteiger partial charge in [-0.1, -0.05) is 6.07 Å². The van der Waals surface area contributed by atoms with Crippen molar-refractivity contribution in [3.05, 3.63) is 43.0 Å². The van der Waals surface area contributed by atoms with Gasteiger partial charge in [-0.25, -0.2) is 24.9 Å². The van der Waals surface area contributed by atoms with E-state index in [9.17, 15) is 0 Å². The molecule has 9 heteroatoms. The molecule has 0 atom stereocenters. The van der Waals surface area contributed by atoms with Crippen LogP contribution in [0.4, 0.5) is 34.9 Å². The summed E-state index contributed by atoms with van der Waals surface area (Å²) in [4.78, 5) is 25.4. The van der Waals surface area contributed by atoms with Gasteiger partial charge < -0.3 is 20.4 Å². The molecule has 3 heterocycles. The quantitative estimate of drug-likeness (QED) is 0.693. The summed E-state index contributed by atoms with van der Waals surface area (Å²) in [7, 11) is 7.47. The fraction of sp³-hybridized carbons (Fsp3) is 0.235. The van der Waals surface area contributed by atoms with Crippen LogP contribution in [0.3, 0.4) is 0 Å². The lowest BCUT2D eigenvalue weighted by molar-refractivity contribution is 1.02. The van der Waals surface area contributed by atoms with Crippen LogP contribution in [0.1, 0.15) is 0 Å². The standard InChI is InChI=1S/C17H21N9/c1-18-12-8-16(22-10-20-12)25(3)14-6-5-7-15(24-14)26(4)17-9-13(19-2)21-11-23-17/h5-11H,1-4H3,(H,18,20,22)(H,19,21,23). The average molecular weight is 351 g/mol. The highest BCUT2D eigenvalue weighted by atomic mass is 15.3. The summed E-state index contributed by atoms with van der Waals surface area (Å²) in [5.41, 5.74) is 0. The van der Waals surface area contributed by atoms with Crippen molar-refractivity contribution in [1.29, 1.82) is 0 Å². The average Bonchev–Trinajstić information content (AvgIpc) is 2.72. The molecule has 0 amide bonds. The number of nitrogens with one attached hydrogen (secondary N) is 2. The Hall–Kier alpha value is -3.49. The summed E-state index contributed by atoms with van der Waals surface area (Å²) < 4.78 is 0. The van der Waals surface area contributed by atoms with E-state index in [-0.39, 0.29) is 0 Å². The lowest BCUT2D eigenvalue weighted by atomic mass is 10.3. The van der Waals surface area contributed by atoms with Gasteiger partial charge in [-0.3, -0.25) is 0 Å². The molecule has 0 unspecified atom stereocenters. The Balaban J connectivity index is 1.89. The van der Waals surface area contributed by atoms with Gasteiger partial charge in [-0.05, 0) is 12.1 Å². The normalized spacial score (nSPS) is 10.3.